The van der Waals surface area contributed by atoms with Gasteiger partial charge in [-0.15, -0.1) is 0 Å². The quantitative estimate of drug-likeness (QED) is 0.0248. The summed E-state index contributed by atoms with van der Waals surface area (Å²) in [4.78, 5) is 68.0. The van der Waals surface area contributed by atoms with Crippen molar-refractivity contribution in [3.8, 4) is 52.1 Å². The molecule has 3 aromatic heterocycles. The van der Waals surface area contributed by atoms with E-state index in [0.717, 1.165) is 103 Å². The van der Waals surface area contributed by atoms with Crippen LogP contribution >= 0.6 is 0 Å². The fraction of sp³-hybridized carbons (Fsp3) is 0.378. The van der Waals surface area contributed by atoms with Crippen LogP contribution in [0.5, 0.6) is 52.1 Å². The van der Waals surface area contributed by atoms with Crippen molar-refractivity contribution in [1.82, 2.24) is 60.6 Å². The summed E-state index contributed by atoms with van der Waals surface area (Å²) in [5.41, 5.74) is -2.92. The van der Waals surface area contributed by atoms with Gasteiger partial charge in [-0.1, -0.05) is 36.4 Å². The second kappa shape index (κ2) is 41.6. The first kappa shape index (κ1) is 97.8. The van der Waals surface area contributed by atoms with E-state index < -0.39 is 101 Å². The van der Waals surface area contributed by atoms with Crippen LogP contribution in [0.4, 0.5) is 95.9 Å². The van der Waals surface area contributed by atoms with Gasteiger partial charge in [-0.3, -0.25) is 27.3 Å². The van der Waals surface area contributed by atoms with Gasteiger partial charge in [-0.25, -0.2) is 44.6 Å². The number of para-hydroxylation sites is 6. The van der Waals surface area contributed by atoms with Crippen molar-refractivity contribution in [3.63, 3.8) is 0 Å². The normalized spacial score (nSPS) is 14.7. The number of anilines is 9. The van der Waals surface area contributed by atoms with Crippen molar-refractivity contribution in [2.45, 2.75) is 82.1 Å². The number of carbonyl (C=O) groups is 3. The Labute approximate surface area is 732 Å². The van der Waals surface area contributed by atoms with Gasteiger partial charge in [0.2, 0.25) is 65.6 Å². The van der Waals surface area contributed by atoms with Crippen LogP contribution in [0, 0.1) is 5.82 Å². The van der Waals surface area contributed by atoms with Crippen LogP contribution in [0.1, 0.15) is 93.2 Å². The van der Waals surface area contributed by atoms with Crippen LogP contribution in [0.3, 0.4) is 0 Å². The minimum Gasteiger partial charge on any atom is -0.495 e. The number of ether oxygens (including phenoxy) is 6. The number of hydrogen-bond donors (Lipinski definition) is 6. The molecule has 9 aromatic rings. The number of methoxy groups -OCH3 is 3. The molecule has 0 aliphatic carbocycles. The minimum absolute atomic E-state index is 0.000941. The lowest BCUT2D eigenvalue weighted by Crippen LogP contribution is -2.43. The summed E-state index contributed by atoms with van der Waals surface area (Å²) in [5.74, 6) is -5.70. The number of carbonyl (C=O) groups excluding carboxylic acids is 3. The standard InChI is InChI=1S/C28H33F3N6O5S.C27H30F4N6O5S.C27H31F3N6O5S/c1-5-37(43(4,39)40)22-8-6-7-9-23(22)42-26-20(28(29,30)31)17-32-27(35-26)34-21-11-10-18(16-24(21)41-3)25(38)33-19-12-14-36(2)15-13-19;1-36-11-9-16(10-12-36)33-24(38)17-13-23(41-3)20(14-19(17)28)34-26-32-15-18(27(29,30)31)25(35-26)42-22-8-6-5-7-21(22)37(2)43(4,39)40;1-35-13-11-18(12-14-35)32-24(37)17-9-10-20(23(15-17)40-3)33-26-31-16-19(27(28,29)30)25(34-26)41-22-8-6-5-7-21(22)36(2)42(4,38)39/h6-11,16-17,19H,5,12-15H2,1-4H3,(H,33,38)(H,32,34,35);5-8,13-16H,9-12H2,1-4H3,(H,33,38)(H,32,34,35);5-10,15-16,18H,11-14H2,1-4H3,(H,32,37)(H,31,33,34). The fourth-order valence-corrected chi connectivity index (χ4v) is 15.2. The SMILES string of the molecule is CCN(c1ccccc1Oc1nc(Nc2ccc(C(=O)NC3CCN(C)CC3)cc2OC)ncc1C(F)(F)F)S(C)(=O)=O.COc1cc(C(=O)NC2CCN(C)CC2)c(F)cc1Nc1ncc(C(F)(F)F)c(Oc2ccccc2N(C)S(C)(=O)=O)n1.COc1cc(C(=O)NC2CCN(C)CC2)ccc1Nc1ncc(C(F)(F)F)c(Oc2ccccc2N(C)S(C)(=O)=O)n1. The highest BCUT2D eigenvalue weighted by Crippen LogP contribution is 2.45. The number of nitrogens with one attached hydrogen (secondary N) is 6. The molecule has 0 spiro atoms. The molecule has 6 heterocycles. The number of likely N-dealkylation sites (tertiary alicyclic amines) is 3. The molecule has 3 amide bonds. The van der Waals surface area contributed by atoms with Crippen LogP contribution in [0.2, 0.25) is 0 Å². The number of rotatable bonds is 28. The van der Waals surface area contributed by atoms with E-state index in [1.807, 2.05) is 21.1 Å². The smallest absolute Gasteiger partial charge is 0.423 e. The van der Waals surface area contributed by atoms with Gasteiger partial charge in [0.25, 0.3) is 17.7 Å². The molecule has 0 atom stereocenters. The van der Waals surface area contributed by atoms with Gasteiger partial charge in [-0.2, -0.15) is 54.5 Å². The lowest BCUT2D eigenvalue weighted by Gasteiger charge is -2.29. The van der Waals surface area contributed by atoms with Gasteiger partial charge in [0.15, 0.2) is 17.2 Å². The summed E-state index contributed by atoms with van der Waals surface area (Å²) in [6.45, 7) is 6.73. The number of piperidine rings is 3. The van der Waals surface area contributed by atoms with Crippen LogP contribution in [-0.4, -0.2) is 227 Å². The van der Waals surface area contributed by atoms with E-state index in [-0.39, 0.29) is 117 Å². The van der Waals surface area contributed by atoms with Crippen molar-refractivity contribution in [3.05, 3.63) is 179 Å². The maximum Gasteiger partial charge on any atom is 0.423 e. The molecule has 33 nitrogen and oxygen atoms in total. The first-order chi connectivity index (χ1) is 60.2. The van der Waals surface area contributed by atoms with E-state index >= 15 is 4.39 Å². The van der Waals surface area contributed by atoms with Crippen LogP contribution in [-0.2, 0) is 48.6 Å². The topological polar surface area (TPSA) is 378 Å². The highest BCUT2D eigenvalue weighted by Gasteiger charge is 2.41. The van der Waals surface area contributed by atoms with Gasteiger partial charge in [0, 0.05) is 74.5 Å². The summed E-state index contributed by atoms with van der Waals surface area (Å²) in [7, 11) is 1.26. The highest BCUT2D eigenvalue weighted by molar-refractivity contribution is 7.92. The number of nitrogens with zero attached hydrogens (tertiary/aromatic N) is 12. The average Bonchev–Trinajstić information content (AvgIpc) is 0.791. The number of hydrogen-bond acceptors (Lipinski definition) is 27. The Bertz CT molecular complexity index is 5800. The predicted molar refractivity (Wildman–Crippen MR) is 458 cm³/mol. The number of benzene rings is 6. The zero-order valence-corrected chi connectivity index (χ0v) is 73.6. The van der Waals surface area contributed by atoms with Crippen molar-refractivity contribution >= 4 is 99.8 Å². The van der Waals surface area contributed by atoms with E-state index in [1.165, 1.54) is 139 Å². The van der Waals surface area contributed by atoms with Gasteiger partial charge in [-0.05, 0) is 185 Å². The Balaban J connectivity index is 0.000000200. The summed E-state index contributed by atoms with van der Waals surface area (Å²) in [6.07, 6.45) is -5.44. The molecule has 690 valence electrons. The number of amides is 3. The summed E-state index contributed by atoms with van der Waals surface area (Å²) in [6, 6.07) is 28.4. The molecule has 6 aromatic carbocycles. The molecule has 3 saturated heterocycles. The van der Waals surface area contributed by atoms with Gasteiger partial charge in [0.1, 0.15) is 39.8 Å². The molecule has 12 rings (SSSR count). The van der Waals surface area contributed by atoms with E-state index in [9.17, 15) is 79.2 Å². The molecule has 3 fully saturated rings. The third-order valence-electron chi connectivity index (χ3n) is 20.4. The molecule has 3 aliphatic heterocycles. The summed E-state index contributed by atoms with van der Waals surface area (Å²) in [5, 5.41) is 17.1. The molecular formula is C82H94F10N18O15S3. The Kier molecular flexibility index (Phi) is 31.8. The second-order valence-electron chi connectivity index (χ2n) is 29.7. The van der Waals surface area contributed by atoms with Crippen molar-refractivity contribution in [1.29, 1.82) is 0 Å². The zero-order valence-electron chi connectivity index (χ0n) is 71.2. The largest absolute Gasteiger partial charge is 0.495 e. The molecule has 0 radical (unpaired) electrons. The number of sulfonamides is 3. The average molecular weight is 1860 g/mol. The fourth-order valence-electron chi connectivity index (χ4n) is 13.2. The first-order valence-corrected chi connectivity index (χ1v) is 44.8. The van der Waals surface area contributed by atoms with E-state index in [1.54, 1.807) is 19.1 Å². The number of aromatic nitrogens is 6. The van der Waals surface area contributed by atoms with Gasteiger partial charge < -0.3 is 75.0 Å². The third-order valence-corrected chi connectivity index (χ3v) is 24.0. The maximum absolute atomic E-state index is 15.1. The lowest BCUT2D eigenvalue weighted by atomic mass is 10.0. The summed E-state index contributed by atoms with van der Waals surface area (Å²) >= 11 is 0. The van der Waals surface area contributed by atoms with Crippen molar-refractivity contribution in [2.75, 3.05) is 150 Å². The van der Waals surface area contributed by atoms with Gasteiger partial charge in [0.05, 0.1) is 79.8 Å². The second-order valence-corrected chi connectivity index (χ2v) is 35.7. The predicted octanol–water partition coefficient (Wildman–Crippen LogP) is 13.3. The third kappa shape index (κ3) is 25.9. The molecule has 46 heteroatoms. The maximum atomic E-state index is 15.1. The number of alkyl halides is 9. The monoisotopic (exact) mass is 1860 g/mol. The van der Waals surface area contributed by atoms with Crippen LogP contribution in [0.25, 0.3) is 0 Å². The summed E-state index contributed by atoms with van der Waals surface area (Å²) < 4.78 is 248. The first-order valence-electron chi connectivity index (χ1n) is 39.2. The Hall–Kier alpha value is -12.4. The van der Waals surface area contributed by atoms with E-state index in [2.05, 4.69) is 76.5 Å². The van der Waals surface area contributed by atoms with E-state index in [4.69, 9.17) is 28.4 Å². The Morgan fingerprint density at radius 3 is 1.04 bits per heavy atom. The highest BCUT2D eigenvalue weighted by atomic mass is 32.2. The van der Waals surface area contributed by atoms with Crippen molar-refractivity contribution in [2.24, 2.45) is 0 Å². The van der Waals surface area contributed by atoms with Crippen LogP contribution < -0.4 is 73.2 Å². The molecule has 0 bridgehead atoms. The molecule has 0 saturated carbocycles. The van der Waals surface area contributed by atoms with Crippen LogP contribution in [0.15, 0.2) is 140 Å². The number of halogens is 10. The molecule has 6 N–H and O–H groups in total. The van der Waals surface area contributed by atoms with Crippen molar-refractivity contribution < 1.29 is 112 Å². The molecular weight excluding hydrogens is 1760 g/mol. The van der Waals surface area contributed by atoms with E-state index in [0.29, 0.717) is 48.2 Å². The lowest BCUT2D eigenvalue weighted by molar-refractivity contribution is -0.140. The molecule has 0 unspecified atom stereocenters. The van der Waals surface area contributed by atoms with Gasteiger partial charge >= 0.3 is 18.5 Å². The minimum atomic E-state index is -4.93. The molecule has 128 heavy (non-hydrogen) atoms. The zero-order chi connectivity index (χ0) is 93.5. The molecule has 3 aliphatic rings. The Morgan fingerprint density at radius 1 is 0.422 bits per heavy atom. The Morgan fingerprint density at radius 2 is 0.727 bits per heavy atom.